The number of hydrogen-bond acceptors (Lipinski definition) is 6. The Kier molecular flexibility index (Phi) is 8.38. The Balaban J connectivity index is 1.97. The van der Waals surface area contributed by atoms with Crippen LogP contribution in [0.5, 0.6) is 17.2 Å². The first-order valence-electron chi connectivity index (χ1n) is 12.7. The van der Waals surface area contributed by atoms with Gasteiger partial charge in [0, 0.05) is 5.69 Å². The van der Waals surface area contributed by atoms with E-state index in [2.05, 4.69) is 20.8 Å². The number of nitrogens with zero attached hydrogens (tertiary/aromatic N) is 1. The van der Waals surface area contributed by atoms with E-state index in [4.69, 9.17) is 37.4 Å². The molecule has 40 heavy (non-hydrogen) atoms. The van der Waals surface area contributed by atoms with Crippen LogP contribution in [0.1, 0.15) is 50.4 Å². The van der Waals surface area contributed by atoms with Gasteiger partial charge in [0.15, 0.2) is 11.5 Å². The monoisotopic (exact) mass is 583 g/mol. The van der Waals surface area contributed by atoms with Crippen LogP contribution in [0.15, 0.2) is 60.2 Å². The third kappa shape index (κ3) is 5.23. The molecular weight excluding hydrogens is 553 g/mol. The lowest BCUT2D eigenvalue weighted by molar-refractivity contribution is -0.132. The Morgan fingerprint density at radius 2 is 1.55 bits per heavy atom. The molecule has 1 aliphatic heterocycles. The second-order valence-electron chi connectivity index (χ2n) is 10.3. The molecule has 3 aromatic rings. The third-order valence-electron chi connectivity index (χ3n) is 6.76. The number of aliphatic hydroxyl groups excluding tert-OH is 1. The smallest absolute Gasteiger partial charge is 0.300 e. The fourth-order valence-electron chi connectivity index (χ4n) is 4.74. The SMILES string of the molecule is CCOc1ccc(N2C(=O)C(=O)/C(=C(/O)c3cc(Cl)c(OC)c(Cl)c3OC)C2c2ccc(C(C)(C)C)cc2)cc1. The second-order valence-corrected chi connectivity index (χ2v) is 11.0. The number of halogens is 2. The topological polar surface area (TPSA) is 85.3 Å². The first-order chi connectivity index (χ1) is 18.9. The summed E-state index contributed by atoms with van der Waals surface area (Å²) >= 11 is 12.9. The van der Waals surface area contributed by atoms with E-state index in [1.807, 2.05) is 31.2 Å². The molecule has 0 saturated carbocycles. The van der Waals surface area contributed by atoms with E-state index in [-0.39, 0.29) is 38.1 Å². The van der Waals surface area contributed by atoms with Crippen LogP contribution in [0.4, 0.5) is 5.69 Å². The van der Waals surface area contributed by atoms with Crippen molar-refractivity contribution in [2.75, 3.05) is 25.7 Å². The molecule has 1 unspecified atom stereocenters. The number of benzene rings is 3. The minimum absolute atomic E-state index is 0.0193. The van der Waals surface area contributed by atoms with Crippen LogP contribution in [0.2, 0.25) is 10.0 Å². The molecule has 1 fully saturated rings. The highest BCUT2D eigenvalue weighted by molar-refractivity contribution is 6.52. The maximum Gasteiger partial charge on any atom is 0.300 e. The Morgan fingerprint density at radius 3 is 2.08 bits per heavy atom. The van der Waals surface area contributed by atoms with Crippen LogP contribution in [0, 0.1) is 0 Å². The Morgan fingerprint density at radius 1 is 0.950 bits per heavy atom. The molecule has 9 heteroatoms. The van der Waals surface area contributed by atoms with Crippen molar-refractivity contribution in [3.63, 3.8) is 0 Å². The van der Waals surface area contributed by atoms with Gasteiger partial charge in [-0.05, 0) is 53.8 Å². The molecule has 1 heterocycles. The number of Topliss-reactive ketones (excluding diaryl/α,β-unsaturated/α-hetero) is 1. The number of hydrogen-bond donors (Lipinski definition) is 1. The highest BCUT2D eigenvalue weighted by Crippen LogP contribution is 2.48. The fourth-order valence-corrected chi connectivity index (χ4v) is 5.43. The number of aliphatic hydroxyl groups is 1. The van der Waals surface area contributed by atoms with E-state index >= 15 is 0 Å². The van der Waals surface area contributed by atoms with Crippen LogP contribution in [0.25, 0.3) is 5.76 Å². The van der Waals surface area contributed by atoms with Crippen LogP contribution in [-0.2, 0) is 15.0 Å². The van der Waals surface area contributed by atoms with Crippen molar-refractivity contribution in [3.05, 3.63) is 86.9 Å². The van der Waals surface area contributed by atoms with Crippen molar-refractivity contribution in [2.24, 2.45) is 0 Å². The lowest BCUT2D eigenvalue weighted by Crippen LogP contribution is -2.29. The van der Waals surface area contributed by atoms with Gasteiger partial charge >= 0.3 is 0 Å². The zero-order valence-corrected chi connectivity index (χ0v) is 24.7. The van der Waals surface area contributed by atoms with Crippen LogP contribution in [-0.4, -0.2) is 37.6 Å². The van der Waals surface area contributed by atoms with E-state index in [0.29, 0.717) is 23.6 Å². The number of carbonyl (C=O) groups is 2. The normalized spacial score (nSPS) is 16.8. The summed E-state index contributed by atoms with van der Waals surface area (Å²) in [6.07, 6.45) is 0. The van der Waals surface area contributed by atoms with Gasteiger partial charge in [-0.25, -0.2) is 0 Å². The van der Waals surface area contributed by atoms with Crippen LogP contribution in [0.3, 0.4) is 0 Å². The summed E-state index contributed by atoms with van der Waals surface area (Å²) in [5.41, 5.74) is 1.99. The van der Waals surface area contributed by atoms with Crippen molar-refractivity contribution >= 4 is 46.3 Å². The van der Waals surface area contributed by atoms with Gasteiger partial charge in [-0.1, -0.05) is 68.2 Å². The maximum atomic E-state index is 13.6. The number of carbonyl (C=O) groups excluding carboxylic acids is 2. The number of rotatable bonds is 7. The van der Waals surface area contributed by atoms with Crippen molar-refractivity contribution in [2.45, 2.75) is 39.2 Å². The maximum absolute atomic E-state index is 13.6. The molecule has 3 aromatic carbocycles. The highest BCUT2D eigenvalue weighted by Gasteiger charge is 2.47. The lowest BCUT2D eigenvalue weighted by Gasteiger charge is -2.27. The van der Waals surface area contributed by atoms with Crippen molar-refractivity contribution in [3.8, 4) is 17.2 Å². The number of amides is 1. The molecule has 1 saturated heterocycles. The van der Waals surface area contributed by atoms with Gasteiger partial charge < -0.3 is 19.3 Å². The van der Waals surface area contributed by atoms with Gasteiger partial charge in [-0.15, -0.1) is 0 Å². The van der Waals surface area contributed by atoms with Crippen LogP contribution >= 0.6 is 23.2 Å². The average Bonchev–Trinajstić information content (AvgIpc) is 3.18. The van der Waals surface area contributed by atoms with E-state index in [1.54, 1.807) is 24.3 Å². The Labute approximate surface area is 243 Å². The van der Waals surface area contributed by atoms with Gasteiger partial charge in [-0.2, -0.15) is 0 Å². The quantitative estimate of drug-likeness (QED) is 0.178. The zero-order chi connectivity index (χ0) is 29.4. The number of ketones is 1. The molecule has 1 amide bonds. The zero-order valence-electron chi connectivity index (χ0n) is 23.2. The first-order valence-corrected chi connectivity index (χ1v) is 13.4. The Hall–Kier alpha value is -3.68. The minimum Gasteiger partial charge on any atom is -0.507 e. The predicted octanol–water partition coefficient (Wildman–Crippen LogP) is 7.33. The van der Waals surface area contributed by atoms with Crippen molar-refractivity contribution in [1.82, 2.24) is 0 Å². The molecule has 0 spiro atoms. The molecule has 0 aromatic heterocycles. The van der Waals surface area contributed by atoms with Crippen LogP contribution < -0.4 is 19.1 Å². The largest absolute Gasteiger partial charge is 0.507 e. The molecule has 0 bridgehead atoms. The summed E-state index contributed by atoms with van der Waals surface area (Å²) in [6.45, 7) is 8.64. The second kappa shape index (κ2) is 11.4. The molecular formula is C31H31Cl2NO6. The average molecular weight is 584 g/mol. The summed E-state index contributed by atoms with van der Waals surface area (Å²) in [7, 11) is 2.77. The summed E-state index contributed by atoms with van der Waals surface area (Å²) in [4.78, 5) is 28.5. The van der Waals surface area contributed by atoms with E-state index in [0.717, 1.165) is 5.56 Å². The van der Waals surface area contributed by atoms with Gasteiger partial charge in [0.2, 0.25) is 0 Å². The summed E-state index contributed by atoms with van der Waals surface area (Å²) < 4.78 is 16.3. The van der Waals surface area contributed by atoms with E-state index < -0.39 is 23.5 Å². The Bertz CT molecular complexity index is 1470. The minimum atomic E-state index is -0.948. The van der Waals surface area contributed by atoms with Gasteiger partial charge in [-0.3, -0.25) is 14.5 Å². The molecule has 1 aliphatic rings. The standard InChI is InChI=1S/C31H31Cl2NO6/c1-7-40-20-14-12-19(13-15-20)34-25(17-8-10-18(11-9-17)31(2,3)4)23(27(36)30(34)37)26(35)21-16-22(32)29(39-6)24(33)28(21)38-5/h8-16,25,35H,7H2,1-6H3/b26-23+. The van der Waals surface area contributed by atoms with Crippen molar-refractivity contribution in [1.29, 1.82) is 0 Å². The fraction of sp³-hybridized carbons (Fsp3) is 0.290. The third-order valence-corrected chi connectivity index (χ3v) is 7.38. The molecule has 1 atom stereocenters. The summed E-state index contributed by atoms with van der Waals surface area (Å²) in [6, 6.07) is 14.9. The molecule has 4 rings (SSSR count). The number of methoxy groups -OCH3 is 2. The molecule has 0 aliphatic carbocycles. The van der Waals surface area contributed by atoms with Gasteiger partial charge in [0.25, 0.3) is 11.7 Å². The number of ether oxygens (including phenoxy) is 3. The lowest BCUT2D eigenvalue weighted by atomic mass is 9.85. The highest BCUT2D eigenvalue weighted by atomic mass is 35.5. The van der Waals surface area contributed by atoms with Crippen molar-refractivity contribution < 1.29 is 28.9 Å². The predicted molar refractivity (Wildman–Crippen MR) is 157 cm³/mol. The molecule has 0 radical (unpaired) electrons. The van der Waals surface area contributed by atoms with E-state index in [1.165, 1.54) is 25.2 Å². The molecule has 7 nitrogen and oxygen atoms in total. The van der Waals surface area contributed by atoms with Gasteiger partial charge in [0.05, 0.1) is 43.0 Å². The first kappa shape index (κ1) is 29.3. The number of anilines is 1. The van der Waals surface area contributed by atoms with Gasteiger partial charge in [0.1, 0.15) is 16.5 Å². The molecule has 210 valence electrons. The summed E-state index contributed by atoms with van der Waals surface area (Å²) in [5.74, 6) is -1.29. The van der Waals surface area contributed by atoms with E-state index in [9.17, 15) is 14.7 Å². The molecule has 1 N–H and O–H groups in total. The summed E-state index contributed by atoms with van der Waals surface area (Å²) in [5, 5.41) is 11.8.